The molecule has 0 spiro atoms. The molecule has 0 aliphatic heterocycles. The average molecular weight is 387 g/mol. The van der Waals surface area contributed by atoms with Gasteiger partial charge in [0.05, 0.1) is 5.69 Å². The van der Waals surface area contributed by atoms with Gasteiger partial charge < -0.3 is 5.32 Å². The number of thiazole rings is 1. The number of hydrogen-bond donors (Lipinski definition) is 1. The predicted molar refractivity (Wildman–Crippen MR) is 107 cm³/mol. The maximum atomic E-state index is 12.9. The summed E-state index contributed by atoms with van der Waals surface area (Å²) in [6.07, 6.45) is 1.39. The number of amides is 1. The van der Waals surface area contributed by atoms with Crippen molar-refractivity contribution in [1.29, 1.82) is 0 Å². The van der Waals surface area contributed by atoms with Gasteiger partial charge in [0, 0.05) is 28.0 Å². The first-order valence-electron chi connectivity index (χ1n) is 8.37. The number of hydrogen-bond acceptors (Lipinski definition) is 4. The fourth-order valence-corrected chi connectivity index (χ4v) is 3.94. The largest absolute Gasteiger partial charge is 0.302 e. The first kappa shape index (κ1) is 18.6. The van der Waals surface area contributed by atoms with Crippen LogP contribution >= 0.6 is 23.1 Å². The highest BCUT2D eigenvalue weighted by atomic mass is 32.2. The van der Waals surface area contributed by atoms with Gasteiger partial charge in [-0.25, -0.2) is 9.37 Å². The van der Waals surface area contributed by atoms with E-state index in [1.807, 2.05) is 5.38 Å². The van der Waals surface area contributed by atoms with E-state index in [1.165, 1.54) is 40.8 Å². The monoisotopic (exact) mass is 386 g/mol. The second-order valence-corrected chi connectivity index (χ2v) is 7.72. The quantitative estimate of drug-likeness (QED) is 0.535. The molecule has 0 unspecified atom stereocenters. The van der Waals surface area contributed by atoms with Gasteiger partial charge in [0.2, 0.25) is 5.91 Å². The third-order valence-electron chi connectivity index (χ3n) is 3.82. The summed E-state index contributed by atoms with van der Waals surface area (Å²) in [5.41, 5.74) is 3.20. The van der Waals surface area contributed by atoms with Crippen molar-refractivity contribution in [2.75, 3.05) is 11.1 Å². The summed E-state index contributed by atoms with van der Waals surface area (Å²) < 4.78 is 12.9. The second-order valence-electron chi connectivity index (χ2n) is 5.69. The zero-order valence-corrected chi connectivity index (χ0v) is 16.0. The maximum Gasteiger partial charge on any atom is 0.226 e. The first-order valence-corrected chi connectivity index (χ1v) is 10.2. The van der Waals surface area contributed by atoms with Crippen LogP contribution in [-0.4, -0.2) is 16.6 Å². The molecule has 1 amide bonds. The highest BCUT2D eigenvalue weighted by Gasteiger charge is 2.08. The number of benzene rings is 2. The van der Waals surface area contributed by atoms with Crippen molar-refractivity contribution in [3.63, 3.8) is 0 Å². The Morgan fingerprint density at radius 2 is 1.88 bits per heavy atom. The molecule has 3 nitrogen and oxygen atoms in total. The number of nitrogens with one attached hydrogen (secondary N) is 1. The van der Waals surface area contributed by atoms with Crippen molar-refractivity contribution < 1.29 is 9.18 Å². The van der Waals surface area contributed by atoms with Gasteiger partial charge in [-0.3, -0.25) is 4.79 Å². The second kappa shape index (κ2) is 8.96. The van der Waals surface area contributed by atoms with Gasteiger partial charge in [-0.2, -0.15) is 0 Å². The van der Waals surface area contributed by atoms with Crippen molar-refractivity contribution in [3.05, 3.63) is 65.3 Å². The zero-order chi connectivity index (χ0) is 18.4. The SMILES string of the molecule is CCc1ccc(-c2csc(NC(=O)CCSc3ccc(F)cc3)n2)cc1. The van der Waals surface area contributed by atoms with Gasteiger partial charge in [-0.15, -0.1) is 23.1 Å². The van der Waals surface area contributed by atoms with Crippen molar-refractivity contribution in [1.82, 2.24) is 4.98 Å². The van der Waals surface area contributed by atoms with E-state index in [9.17, 15) is 9.18 Å². The van der Waals surface area contributed by atoms with E-state index < -0.39 is 0 Å². The molecule has 134 valence electrons. The molecule has 1 N–H and O–H groups in total. The van der Waals surface area contributed by atoms with E-state index in [-0.39, 0.29) is 11.7 Å². The topological polar surface area (TPSA) is 42.0 Å². The van der Waals surface area contributed by atoms with Crippen LogP contribution in [0, 0.1) is 5.82 Å². The van der Waals surface area contributed by atoms with E-state index in [1.54, 1.807) is 12.1 Å². The van der Waals surface area contributed by atoms with E-state index >= 15 is 0 Å². The van der Waals surface area contributed by atoms with Crippen LogP contribution in [0.2, 0.25) is 0 Å². The number of carbonyl (C=O) groups is 1. The lowest BCUT2D eigenvalue weighted by Gasteiger charge is -2.03. The molecule has 0 fully saturated rings. The summed E-state index contributed by atoms with van der Waals surface area (Å²) in [5.74, 6) is 0.312. The minimum absolute atomic E-state index is 0.0677. The number of halogens is 1. The van der Waals surface area contributed by atoms with Crippen LogP contribution in [0.4, 0.5) is 9.52 Å². The molecule has 0 saturated carbocycles. The number of carbonyl (C=O) groups excluding carboxylic acids is 1. The molecular formula is C20H19FN2OS2. The van der Waals surface area contributed by atoms with Crippen LogP contribution in [0.5, 0.6) is 0 Å². The standard InChI is InChI=1S/C20H19FN2OS2/c1-2-14-3-5-15(6-4-14)18-13-26-20(22-18)23-19(24)11-12-25-17-9-7-16(21)8-10-17/h3-10,13H,2,11-12H2,1H3,(H,22,23,24). The molecule has 0 aliphatic carbocycles. The average Bonchev–Trinajstić information content (AvgIpc) is 3.12. The van der Waals surface area contributed by atoms with Crippen LogP contribution in [0.1, 0.15) is 18.9 Å². The van der Waals surface area contributed by atoms with Crippen LogP contribution < -0.4 is 5.32 Å². The third kappa shape index (κ3) is 5.16. The van der Waals surface area contributed by atoms with E-state index in [4.69, 9.17) is 0 Å². The molecule has 1 aromatic heterocycles. The molecule has 3 aromatic rings. The number of thioether (sulfide) groups is 1. The van der Waals surface area contributed by atoms with Gasteiger partial charge in [0.25, 0.3) is 0 Å². The van der Waals surface area contributed by atoms with E-state index in [0.717, 1.165) is 22.6 Å². The Hall–Kier alpha value is -2.18. The highest BCUT2D eigenvalue weighted by Crippen LogP contribution is 2.25. The third-order valence-corrected chi connectivity index (χ3v) is 5.59. The molecule has 0 aliphatic rings. The molecule has 26 heavy (non-hydrogen) atoms. The van der Waals surface area contributed by atoms with Crippen molar-refractivity contribution in [3.8, 4) is 11.3 Å². The molecule has 1 heterocycles. The van der Waals surface area contributed by atoms with Crippen molar-refractivity contribution >= 4 is 34.1 Å². The Labute approximate surface area is 160 Å². The molecule has 3 rings (SSSR count). The molecule has 0 atom stereocenters. The molecule has 6 heteroatoms. The molecular weight excluding hydrogens is 367 g/mol. The number of nitrogens with zero attached hydrogens (tertiary/aromatic N) is 1. The number of aryl methyl sites for hydroxylation is 1. The van der Waals surface area contributed by atoms with Crippen LogP contribution in [0.3, 0.4) is 0 Å². The van der Waals surface area contributed by atoms with Gasteiger partial charge in [0.15, 0.2) is 5.13 Å². The summed E-state index contributed by atoms with van der Waals surface area (Å²) in [7, 11) is 0. The molecule has 2 aromatic carbocycles. The maximum absolute atomic E-state index is 12.9. The molecule has 0 radical (unpaired) electrons. The summed E-state index contributed by atoms with van der Waals surface area (Å²) in [4.78, 5) is 17.5. The fourth-order valence-electron chi connectivity index (χ4n) is 2.35. The summed E-state index contributed by atoms with van der Waals surface area (Å²) in [5, 5.41) is 5.40. The van der Waals surface area contributed by atoms with E-state index in [0.29, 0.717) is 17.3 Å². The Kier molecular flexibility index (Phi) is 6.41. The van der Waals surface area contributed by atoms with Crippen molar-refractivity contribution in [2.24, 2.45) is 0 Å². The van der Waals surface area contributed by atoms with Gasteiger partial charge in [-0.05, 0) is 36.2 Å². The summed E-state index contributed by atoms with van der Waals surface area (Å²) in [6, 6.07) is 14.6. The smallest absolute Gasteiger partial charge is 0.226 e. The lowest BCUT2D eigenvalue weighted by Crippen LogP contribution is -2.11. The minimum atomic E-state index is -0.254. The van der Waals surface area contributed by atoms with Crippen molar-refractivity contribution in [2.45, 2.75) is 24.7 Å². The summed E-state index contributed by atoms with van der Waals surface area (Å²) in [6.45, 7) is 2.12. The van der Waals surface area contributed by atoms with Crippen LogP contribution in [0.25, 0.3) is 11.3 Å². The van der Waals surface area contributed by atoms with Crippen LogP contribution in [0.15, 0.2) is 58.8 Å². The lowest BCUT2D eigenvalue weighted by atomic mass is 10.1. The first-order chi connectivity index (χ1) is 12.6. The number of anilines is 1. The van der Waals surface area contributed by atoms with Crippen LogP contribution in [-0.2, 0) is 11.2 Å². The lowest BCUT2D eigenvalue weighted by molar-refractivity contribution is -0.115. The minimum Gasteiger partial charge on any atom is -0.302 e. The number of aromatic nitrogens is 1. The molecule has 0 saturated heterocycles. The molecule has 0 bridgehead atoms. The van der Waals surface area contributed by atoms with E-state index in [2.05, 4.69) is 41.5 Å². The predicted octanol–water partition coefficient (Wildman–Crippen LogP) is 5.63. The normalized spacial score (nSPS) is 10.7. The summed E-state index contributed by atoms with van der Waals surface area (Å²) >= 11 is 2.95. The Morgan fingerprint density at radius 1 is 1.15 bits per heavy atom. The van der Waals surface area contributed by atoms with Gasteiger partial charge >= 0.3 is 0 Å². The Bertz CT molecular complexity index is 860. The van der Waals surface area contributed by atoms with Gasteiger partial charge in [-0.1, -0.05) is 31.2 Å². The fraction of sp³-hybridized carbons (Fsp3) is 0.200. The number of rotatable bonds is 7. The Morgan fingerprint density at radius 3 is 2.58 bits per heavy atom. The van der Waals surface area contributed by atoms with Gasteiger partial charge in [0.1, 0.15) is 5.82 Å². The zero-order valence-electron chi connectivity index (χ0n) is 14.4. The Balaban J connectivity index is 1.50. The highest BCUT2D eigenvalue weighted by molar-refractivity contribution is 7.99.